The fraction of sp³-hybridized carbons (Fsp3) is 0.212. The van der Waals surface area contributed by atoms with E-state index in [1.54, 1.807) is 35.4 Å². The van der Waals surface area contributed by atoms with E-state index in [0.717, 1.165) is 54.4 Å². The minimum Gasteiger partial charge on any atom is -0.302 e. The fourth-order valence-corrected chi connectivity index (χ4v) is 5.30. The van der Waals surface area contributed by atoms with Crippen LogP contribution in [0.15, 0.2) is 101 Å². The van der Waals surface area contributed by atoms with E-state index < -0.39 is 11.7 Å². The van der Waals surface area contributed by atoms with Crippen LogP contribution in [0.4, 0.5) is 13.2 Å². The molecule has 2 saturated carbocycles. The van der Waals surface area contributed by atoms with Crippen LogP contribution in [0.1, 0.15) is 43.3 Å². The molecular weight excluding hydrogens is 569 g/mol. The van der Waals surface area contributed by atoms with Gasteiger partial charge in [0.05, 0.1) is 29.0 Å². The maximum Gasteiger partial charge on any atom is 0.416 e. The predicted molar refractivity (Wildman–Crippen MR) is 160 cm³/mol. The van der Waals surface area contributed by atoms with E-state index in [9.17, 15) is 22.8 Å². The smallest absolute Gasteiger partial charge is 0.302 e. The third kappa shape index (κ3) is 5.25. The second-order valence-electron chi connectivity index (χ2n) is 10.9. The third-order valence-corrected chi connectivity index (χ3v) is 7.74. The van der Waals surface area contributed by atoms with E-state index >= 15 is 0 Å². The monoisotopic (exact) mass is 594 g/mol. The highest BCUT2D eigenvalue weighted by Crippen LogP contribution is 2.37. The third-order valence-electron chi connectivity index (χ3n) is 7.74. The van der Waals surface area contributed by atoms with Gasteiger partial charge < -0.3 is 9.13 Å². The molecule has 2 aliphatic rings. The lowest BCUT2D eigenvalue weighted by Crippen LogP contribution is -2.23. The molecule has 220 valence electrons. The molecule has 4 heterocycles. The van der Waals surface area contributed by atoms with Crippen molar-refractivity contribution >= 4 is 22.1 Å². The molecule has 8 rings (SSSR count). The van der Waals surface area contributed by atoms with Gasteiger partial charge in [0, 0.05) is 35.6 Å². The van der Waals surface area contributed by atoms with Gasteiger partial charge in [-0.25, -0.2) is 9.97 Å². The molecule has 0 saturated heterocycles. The van der Waals surface area contributed by atoms with Crippen LogP contribution < -0.4 is 11.1 Å². The van der Waals surface area contributed by atoms with Gasteiger partial charge in [0.25, 0.3) is 11.1 Å². The van der Waals surface area contributed by atoms with Gasteiger partial charge in [0.15, 0.2) is 0 Å². The van der Waals surface area contributed by atoms with Crippen molar-refractivity contribution < 1.29 is 13.2 Å². The van der Waals surface area contributed by atoms with Crippen molar-refractivity contribution in [1.29, 1.82) is 0 Å². The summed E-state index contributed by atoms with van der Waals surface area (Å²) in [5.74, 6) is 0. The summed E-state index contributed by atoms with van der Waals surface area (Å²) in [7, 11) is 0. The largest absolute Gasteiger partial charge is 0.416 e. The van der Waals surface area contributed by atoms with E-state index in [2.05, 4.69) is 19.9 Å². The van der Waals surface area contributed by atoms with Gasteiger partial charge >= 0.3 is 6.18 Å². The van der Waals surface area contributed by atoms with Crippen molar-refractivity contribution in [3.8, 4) is 22.5 Å². The summed E-state index contributed by atoms with van der Waals surface area (Å²) < 4.78 is 41.7. The summed E-state index contributed by atoms with van der Waals surface area (Å²) in [4.78, 5) is 42.5. The van der Waals surface area contributed by atoms with Gasteiger partial charge in [-0.05, 0) is 49.9 Å². The van der Waals surface area contributed by atoms with Crippen molar-refractivity contribution in [2.24, 2.45) is 0 Å². The standard InChI is InChI=1S/C17H12F3N3O.C16H13N3O/c18-17(19,20)11-3-1-10(2-4-11)15-16(24)23(12-5-6-12)14-7-8-21-9-13(14)22-15;20-16-15(11-4-2-1-3-5-11)18-13-10-17-9-8-14(13)19(16)12-6-7-12/h1-4,7-9,12H,5-6H2;1-5,8-10,12H,6-7H2. The minimum atomic E-state index is -4.41. The molecule has 0 N–H and O–H groups in total. The molecule has 6 aromatic rings. The van der Waals surface area contributed by atoms with Gasteiger partial charge in [-0.2, -0.15) is 13.2 Å². The molecule has 0 spiro atoms. The summed E-state index contributed by atoms with van der Waals surface area (Å²) in [6, 6.07) is 18.2. The number of benzene rings is 2. The first-order chi connectivity index (χ1) is 21.3. The molecule has 8 nitrogen and oxygen atoms in total. The highest BCUT2D eigenvalue weighted by atomic mass is 19.4. The average molecular weight is 595 g/mol. The van der Waals surface area contributed by atoms with E-state index in [4.69, 9.17) is 0 Å². The second-order valence-corrected chi connectivity index (χ2v) is 10.9. The number of pyridine rings is 2. The Morgan fingerprint density at radius 2 is 1.07 bits per heavy atom. The van der Waals surface area contributed by atoms with Crippen molar-refractivity contribution in [3.63, 3.8) is 0 Å². The Kier molecular flexibility index (Phi) is 6.80. The van der Waals surface area contributed by atoms with Crippen LogP contribution >= 0.6 is 0 Å². The average Bonchev–Trinajstić information content (AvgIpc) is 3.97. The lowest BCUT2D eigenvalue weighted by molar-refractivity contribution is -0.137. The molecule has 0 aliphatic heterocycles. The highest BCUT2D eigenvalue weighted by molar-refractivity contribution is 5.78. The Hall–Kier alpha value is -5.19. The van der Waals surface area contributed by atoms with Crippen molar-refractivity contribution in [2.75, 3.05) is 0 Å². The highest BCUT2D eigenvalue weighted by Gasteiger charge is 2.31. The number of aromatic nitrogens is 6. The Morgan fingerprint density at radius 1 is 0.614 bits per heavy atom. The van der Waals surface area contributed by atoms with Crippen LogP contribution in [0.25, 0.3) is 44.6 Å². The van der Waals surface area contributed by atoms with Gasteiger partial charge in [-0.15, -0.1) is 0 Å². The first kappa shape index (κ1) is 27.6. The molecule has 0 unspecified atom stereocenters. The lowest BCUT2D eigenvalue weighted by Gasteiger charge is -2.12. The Balaban J connectivity index is 0.000000144. The molecule has 0 radical (unpaired) electrons. The van der Waals surface area contributed by atoms with Gasteiger partial charge in [-0.1, -0.05) is 42.5 Å². The summed E-state index contributed by atoms with van der Waals surface area (Å²) in [5.41, 5.74) is 3.77. The first-order valence-corrected chi connectivity index (χ1v) is 14.2. The van der Waals surface area contributed by atoms with Crippen LogP contribution in [0.3, 0.4) is 0 Å². The van der Waals surface area contributed by atoms with Crippen LogP contribution in [0, 0.1) is 0 Å². The Morgan fingerprint density at radius 3 is 1.50 bits per heavy atom. The van der Waals surface area contributed by atoms with Gasteiger partial charge in [-0.3, -0.25) is 19.6 Å². The Bertz CT molecular complexity index is 2120. The predicted octanol–water partition coefficient (Wildman–Crippen LogP) is 6.61. The summed E-state index contributed by atoms with van der Waals surface area (Å²) in [5, 5.41) is 0. The van der Waals surface area contributed by atoms with E-state index in [-0.39, 0.29) is 22.9 Å². The normalized spacial score (nSPS) is 14.8. The van der Waals surface area contributed by atoms with Crippen LogP contribution in [-0.4, -0.2) is 29.1 Å². The molecule has 0 amide bonds. The number of fused-ring (bicyclic) bond motifs is 2. The second kappa shape index (κ2) is 10.8. The number of hydrogen-bond acceptors (Lipinski definition) is 6. The molecule has 44 heavy (non-hydrogen) atoms. The maximum absolute atomic E-state index is 12.8. The lowest BCUT2D eigenvalue weighted by atomic mass is 10.1. The quantitative estimate of drug-likeness (QED) is 0.228. The first-order valence-electron chi connectivity index (χ1n) is 14.2. The van der Waals surface area contributed by atoms with Crippen molar-refractivity contribution in [1.82, 2.24) is 29.1 Å². The van der Waals surface area contributed by atoms with Crippen molar-refractivity contribution in [2.45, 2.75) is 43.9 Å². The van der Waals surface area contributed by atoms with E-state index in [1.807, 2.05) is 41.0 Å². The van der Waals surface area contributed by atoms with Crippen molar-refractivity contribution in [3.05, 3.63) is 118 Å². The van der Waals surface area contributed by atoms with Gasteiger partial charge in [0.2, 0.25) is 0 Å². The minimum absolute atomic E-state index is 0.00241. The zero-order valence-electron chi connectivity index (χ0n) is 23.3. The molecule has 11 heteroatoms. The number of nitrogens with zero attached hydrogens (tertiary/aromatic N) is 6. The number of alkyl halides is 3. The molecule has 0 bridgehead atoms. The van der Waals surface area contributed by atoms with E-state index in [1.165, 1.54) is 12.1 Å². The van der Waals surface area contributed by atoms with Crippen LogP contribution in [0.5, 0.6) is 0 Å². The van der Waals surface area contributed by atoms with Crippen LogP contribution in [0.2, 0.25) is 0 Å². The number of rotatable bonds is 4. The SMILES string of the molecule is O=c1c(-c2ccc(C(F)(F)F)cc2)nc2cnccc2n1C1CC1.O=c1c(-c2ccccc2)nc2cnccc2n1C1CC1. The zero-order valence-corrected chi connectivity index (χ0v) is 23.3. The summed E-state index contributed by atoms with van der Waals surface area (Å²) in [6.45, 7) is 0. The topological polar surface area (TPSA) is 95.6 Å². The molecule has 4 aromatic heterocycles. The fourth-order valence-electron chi connectivity index (χ4n) is 5.30. The Labute approximate surface area is 248 Å². The number of halogens is 3. The molecule has 2 fully saturated rings. The number of hydrogen-bond donors (Lipinski definition) is 0. The van der Waals surface area contributed by atoms with Crippen LogP contribution in [-0.2, 0) is 6.18 Å². The maximum atomic E-state index is 12.8. The molecule has 2 aromatic carbocycles. The summed E-state index contributed by atoms with van der Waals surface area (Å²) in [6.07, 6.45) is 6.13. The molecule has 0 atom stereocenters. The summed E-state index contributed by atoms with van der Waals surface area (Å²) >= 11 is 0. The van der Waals surface area contributed by atoms with Gasteiger partial charge in [0.1, 0.15) is 22.4 Å². The van der Waals surface area contributed by atoms with E-state index in [0.29, 0.717) is 28.3 Å². The molecule has 2 aliphatic carbocycles. The zero-order chi connectivity index (χ0) is 30.4. The molecular formula is C33H25F3N6O2.